The van der Waals surface area contributed by atoms with E-state index in [1.165, 1.54) is 0 Å². The van der Waals surface area contributed by atoms with Crippen molar-refractivity contribution in [2.75, 3.05) is 46.0 Å². The third kappa shape index (κ3) is 2.60. The maximum atomic E-state index is 12.0. The molecule has 0 N–H and O–H groups in total. The van der Waals surface area contributed by atoms with Crippen LogP contribution in [0.2, 0.25) is 0 Å². The van der Waals surface area contributed by atoms with E-state index < -0.39 is 0 Å². The zero-order chi connectivity index (χ0) is 10.7. The van der Waals surface area contributed by atoms with Gasteiger partial charge in [0.25, 0.3) is 0 Å². The van der Waals surface area contributed by atoms with E-state index in [0.717, 1.165) is 0 Å². The Bertz CT molecular complexity index is 229. The SMILES string of the molecule is CC1CN(C(=O)N2CCOCC2)CCO1. The molecule has 0 saturated carbocycles. The molecule has 0 bridgehead atoms. The van der Waals surface area contributed by atoms with Crippen molar-refractivity contribution in [2.24, 2.45) is 0 Å². The van der Waals surface area contributed by atoms with E-state index in [-0.39, 0.29) is 12.1 Å². The third-order valence-electron chi connectivity index (χ3n) is 2.79. The molecule has 1 unspecified atom stereocenters. The van der Waals surface area contributed by atoms with Gasteiger partial charge in [-0.2, -0.15) is 0 Å². The van der Waals surface area contributed by atoms with E-state index >= 15 is 0 Å². The monoisotopic (exact) mass is 214 g/mol. The summed E-state index contributed by atoms with van der Waals surface area (Å²) < 4.78 is 10.6. The first-order chi connectivity index (χ1) is 7.27. The number of hydrogen-bond acceptors (Lipinski definition) is 3. The van der Waals surface area contributed by atoms with Crippen molar-refractivity contribution in [2.45, 2.75) is 13.0 Å². The van der Waals surface area contributed by atoms with Crippen LogP contribution in [0.15, 0.2) is 0 Å². The number of amides is 2. The lowest BCUT2D eigenvalue weighted by molar-refractivity contribution is -0.0166. The molecule has 86 valence electrons. The maximum absolute atomic E-state index is 12.0. The highest BCUT2D eigenvalue weighted by Gasteiger charge is 2.26. The van der Waals surface area contributed by atoms with Crippen LogP contribution in [0.4, 0.5) is 4.79 Å². The van der Waals surface area contributed by atoms with Gasteiger partial charge >= 0.3 is 6.03 Å². The second-order valence-corrected chi connectivity index (χ2v) is 4.01. The number of nitrogens with zero attached hydrogens (tertiary/aromatic N) is 2. The van der Waals surface area contributed by atoms with Gasteiger partial charge in [0.15, 0.2) is 0 Å². The molecule has 0 aliphatic carbocycles. The molecule has 5 nitrogen and oxygen atoms in total. The van der Waals surface area contributed by atoms with Crippen molar-refractivity contribution in [1.82, 2.24) is 9.80 Å². The number of carbonyl (C=O) groups is 1. The van der Waals surface area contributed by atoms with Crippen molar-refractivity contribution in [3.8, 4) is 0 Å². The van der Waals surface area contributed by atoms with Crippen molar-refractivity contribution in [1.29, 1.82) is 0 Å². The summed E-state index contributed by atoms with van der Waals surface area (Å²) in [6, 6.07) is 0.133. The molecule has 0 spiro atoms. The van der Waals surface area contributed by atoms with Gasteiger partial charge in [-0.1, -0.05) is 0 Å². The lowest BCUT2D eigenvalue weighted by atomic mass is 10.3. The minimum atomic E-state index is 0.133. The molecule has 1 atom stereocenters. The predicted molar refractivity (Wildman–Crippen MR) is 54.8 cm³/mol. The van der Waals surface area contributed by atoms with Gasteiger partial charge in [0.2, 0.25) is 0 Å². The van der Waals surface area contributed by atoms with E-state index in [1.807, 2.05) is 16.7 Å². The fraction of sp³-hybridized carbons (Fsp3) is 0.900. The summed E-state index contributed by atoms with van der Waals surface area (Å²) >= 11 is 0. The first-order valence-electron chi connectivity index (χ1n) is 5.50. The van der Waals surface area contributed by atoms with E-state index in [0.29, 0.717) is 46.0 Å². The fourth-order valence-corrected chi connectivity index (χ4v) is 1.95. The Labute approximate surface area is 89.9 Å². The third-order valence-corrected chi connectivity index (χ3v) is 2.79. The van der Waals surface area contributed by atoms with Crippen LogP contribution in [-0.4, -0.2) is 67.9 Å². The molecule has 2 aliphatic rings. The first-order valence-corrected chi connectivity index (χ1v) is 5.50. The molecule has 2 rings (SSSR count). The number of morpholine rings is 2. The molecular formula is C10H18N2O3. The Hall–Kier alpha value is -0.810. The summed E-state index contributed by atoms with van der Waals surface area (Å²) in [7, 11) is 0. The largest absolute Gasteiger partial charge is 0.378 e. The van der Waals surface area contributed by atoms with E-state index in [4.69, 9.17) is 9.47 Å². The minimum absolute atomic E-state index is 0.133. The minimum Gasteiger partial charge on any atom is -0.378 e. The van der Waals surface area contributed by atoms with Crippen molar-refractivity contribution in [3.63, 3.8) is 0 Å². The zero-order valence-electron chi connectivity index (χ0n) is 9.15. The molecule has 2 fully saturated rings. The van der Waals surface area contributed by atoms with Crippen molar-refractivity contribution in [3.05, 3.63) is 0 Å². The Morgan fingerprint density at radius 2 is 1.80 bits per heavy atom. The molecular weight excluding hydrogens is 196 g/mol. The first kappa shape index (κ1) is 10.7. The number of urea groups is 1. The number of ether oxygens (including phenoxy) is 2. The number of hydrogen-bond donors (Lipinski definition) is 0. The molecule has 5 heteroatoms. The highest BCUT2D eigenvalue weighted by Crippen LogP contribution is 2.09. The lowest BCUT2D eigenvalue weighted by Gasteiger charge is -2.36. The van der Waals surface area contributed by atoms with Crippen LogP contribution in [0.3, 0.4) is 0 Å². The number of rotatable bonds is 0. The van der Waals surface area contributed by atoms with Crippen LogP contribution in [0.5, 0.6) is 0 Å². The van der Waals surface area contributed by atoms with Crippen LogP contribution in [0, 0.1) is 0 Å². The average Bonchev–Trinajstić information content (AvgIpc) is 2.29. The quantitative estimate of drug-likeness (QED) is 0.577. The van der Waals surface area contributed by atoms with Crippen LogP contribution in [0.1, 0.15) is 6.92 Å². The Morgan fingerprint density at radius 1 is 1.13 bits per heavy atom. The summed E-state index contributed by atoms with van der Waals surface area (Å²) in [5.41, 5.74) is 0. The molecule has 2 heterocycles. The summed E-state index contributed by atoms with van der Waals surface area (Å²) in [5, 5.41) is 0. The van der Waals surface area contributed by atoms with Gasteiger partial charge in [-0.25, -0.2) is 4.79 Å². The summed E-state index contributed by atoms with van der Waals surface area (Å²) in [6.45, 7) is 6.80. The van der Waals surface area contributed by atoms with Gasteiger partial charge in [0.1, 0.15) is 0 Å². The summed E-state index contributed by atoms with van der Waals surface area (Å²) in [5.74, 6) is 0. The molecule has 2 aliphatic heterocycles. The molecule has 2 saturated heterocycles. The van der Waals surface area contributed by atoms with Gasteiger partial charge in [0.05, 0.1) is 25.9 Å². The van der Waals surface area contributed by atoms with Crippen molar-refractivity contribution >= 4 is 6.03 Å². The fourth-order valence-electron chi connectivity index (χ4n) is 1.95. The van der Waals surface area contributed by atoms with Gasteiger partial charge in [-0.3, -0.25) is 0 Å². The Balaban J connectivity index is 1.88. The smallest absolute Gasteiger partial charge is 0.320 e. The normalized spacial score (nSPS) is 27.9. The zero-order valence-corrected chi connectivity index (χ0v) is 9.15. The average molecular weight is 214 g/mol. The van der Waals surface area contributed by atoms with E-state index in [2.05, 4.69) is 0 Å². The molecule has 0 radical (unpaired) electrons. The van der Waals surface area contributed by atoms with Gasteiger partial charge in [-0.05, 0) is 6.92 Å². The second-order valence-electron chi connectivity index (χ2n) is 4.01. The maximum Gasteiger partial charge on any atom is 0.320 e. The van der Waals surface area contributed by atoms with Crippen LogP contribution in [0.25, 0.3) is 0 Å². The van der Waals surface area contributed by atoms with E-state index in [9.17, 15) is 4.79 Å². The van der Waals surface area contributed by atoms with Gasteiger partial charge < -0.3 is 19.3 Å². The standard InChI is InChI=1S/C10H18N2O3/c1-9-8-12(4-7-15-9)10(13)11-2-5-14-6-3-11/h9H,2-8H2,1H3. The van der Waals surface area contributed by atoms with Crippen LogP contribution < -0.4 is 0 Å². The summed E-state index contributed by atoms with van der Waals surface area (Å²) in [6.07, 6.45) is 0.156. The predicted octanol–water partition coefficient (Wildman–Crippen LogP) is 0.159. The number of carbonyl (C=O) groups excluding carboxylic acids is 1. The molecule has 2 amide bonds. The molecule has 0 aromatic heterocycles. The lowest BCUT2D eigenvalue weighted by Crippen LogP contribution is -2.53. The highest BCUT2D eigenvalue weighted by molar-refractivity contribution is 5.74. The Morgan fingerprint density at radius 3 is 2.47 bits per heavy atom. The van der Waals surface area contributed by atoms with E-state index in [1.54, 1.807) is 0 Å². The Kier molecular flexibility index (Phi) is 3.43. The molecule has 0 aromatic carbocycles. The topological polar surface area (TPSA) is 42.0 Å². The van der Waals surface area contributed by atoms with Gasteiger partial charge in [-0.15, -0.1) is 0 Å². The van der Waals surface area contributed by atoms with Crippen LogP contribution in [-0.2, 0) is 9.47 Å². The van der Waals surface area contributed by atoms with Crippen LogP contribution >= 0.6 is 0 Å². The molecule has 15 heavy (non-hydrogen) atoms. The van der Waals surface area contributed by atoms with Crippen molar-refractivity contribution < 1.29 is 14.3 Å². The summed E-state index contributed by atoms with van der Waals surface area (Å²) in [4.78, 5) is 15.8. The van der Waals surface area contributed by atoms with Gasteiger partial charge in [0, 0.05) is 26.2 Å². The molecule has 0 aromatic rings. The highest BCUT2D eigenvalue weighted by atomic mass is 16.5. The second kappa shape index (κ2) is 4.81.